The topological polar surface area (TPSA) is 20.2 Å². The molecule has 0 aromatic heterocycles. The van der Waals surface area contributed by atoms with Crippen molar-refractivity contribution in [2.45, 2.75) is 40.2 Å². The maximum atomic E-state index is 13.4. The van der Waals surface area contributed by atoms with Gasteiger partial charge in [-0.2, -0.15) is 0 Å². The number of benzene rings is 1. The van der Waals surface area contributed by atoms with Gasteiger partial charge in [0.2, 0.25) is 0 Å². The van der Waals surface area contributed by atoms with Gasteiger partial charge in [0, 0.05) is 5.56 Å². The van der Waals surface area contributed by atoms with E-state index >= 15 is 0 Å². The Morgan fingerprint density at radius 3 is 2.00 bits per heavy atom. The van der Waals surface area contributed by atoms with Crippen LogP contribution in [0.4, 0.5) is 8.78 Å². The van der Waals surface area contributed by atoms with Crippen molar-refractivity contribution in [1.29, 1.82) is 0 Å². The lowest BCUT2D eigenvalue weighted by Crippen LogP contribution is -2.18. The average Bonchev–Trinajstić information content (AvgIpc) is 2.13. The van der Waals surface area contributed by atoms with E-state index in [-0.39, 0.29) is 11.1 Å². The highest BCUT2D eigenvalue weighted by molar-refractivity contribution is 5.29. The molecule has 3 heteroatoms. The summed E-state index contributed by atoms with van der Waals surface area (Å²) in [6.45, 7) is 8.31. The third-order valence-corrected chi connectivity index (χ3v) is 1.88. The second-order valence-corrected chi connectivity index (χ2v) is 3.64. The molecule has 1 aromatic carbocycles. The molecule has 0 amide bonds. The molecular weight excluding hydrogens is 198 g/mol. The Balaban J connectivity index is 0.000000921. The van der Waals surface area contributed by atoms with Gasteiger partial charge in [0.05, 0.1) is 5.60 Å². The van der Waals surface area contributed by atoms with E-state index < -0.39 is 17.2 Å². The van der Waals surface area contributed by atoms with Gasteiger partial charge in [-0.05, 0) is 38.5 Å². The van der Waals surface area contributed by atoms with Crippen molar-refractivity contribution >= 4 is 0 Å². The van der Waals surface area contributed by atoms with Gasteiger partial charge < -0.3 is 5.11 Å². The van der Waals surface area contributed by atoms with Crippen LogP contribution in [-0.4, -0.2) is 5.11 Å². The van der Waals surface area contributed by atoms with Crippen LogP contribution in [0.15, 0.2) is 12.1 Å². The quantitative estimate of drug-likeness (QED) is 0.761. The second-order valence-electron chi connectivity index (χ2n) is 3.64. The molecule has 0 atom stereocenters. The standard InChI is InChI=1S/C10H12F2O.C2H6/c1-6-4-7(11)5-8(9(6)12)10(2,3)13;1-2/h4-5,13H,1-3H3;1-2H3. The molecule has 1 nitrogen and oxygen atoms in total. The summed E-state index contributed by atoms with van der Waals surface area (Å²) in [6, 6.07) is 2.12. The molecule has 0 fully saturated rings. The van der Waals surface area contributed by atoms with Crippen molar-refractivity contribution in [3.05, 3.63) is 34.9 Å². The van der Waals surface area contributed by atoms with E-state index in [0.717, 1.165) is 12.1 Å². The Morgan fingerprint density at radius 1 is 1.13 bits per heavy atom. The number of hydrogen-bond acceptors (Lipinski definition) is 1. The van der Waals surface area contributed by atoms with Crippen molar-refractivity contribution in [2.24, 2.45) is 0 Å². The zero-order valence-electron chi connectivity index (χ0n) is 9.86. The average molecular weight is 216 g/mol. The maximum absolute atomic E-state index is 13.4. The molecule has 0 radical (unpaired) electrons. The predicted molar refractivity (Wildman–Crippen MR) is 57.7 cm³/mol. The van der Waals surface area contributed by atoms with E-state index in [1.54, 1.807) is 0 Å². The van der Waals surface area contributed by atoms with Crippen LogP contribution in [0.5, 0.6) is 0 Å². The Hall–Kier alpha value is -0.960. The van der Waals surface area contributed by atoms with E-state index in [0.29, 0.717) is 0 Å². The van der Waals surface area contributed by atoms with Crippen molar-refractivity contribution in [3.63, 3.8) is 0 Å². The predicted octanol–water partition coefficient (Wildman–Crippen LogP) is 3.53. The van der Waals surface area contributed by atoms with Gasteiger partial charge in [-0.25, -0.2) is 8.78 Å². The Bertz CT molecular complexity index is 327. The summed E-state index contributed by atoms with van der Waals surface area (Å²) < 4.78 is 26.2. The Labute approximate surface area is 89.8 Å². The number of halogens is 2. The molecule has 0 saturated heterocycles. The third kappa shape index (κ3) is 3.59. The molecule has 0 spiro atoms. The molecule has 15 heavy (non-hydrogen) atoms. The number of hydrogen-bond donors (Lipinski definition) is 1. The fraction of sp³-hybridized carbons (Fsp3) is 0.500. The fourth-order valence-electron chi connectivity index (χ4n) is 1.17. The molecule has 1 aromatic rings. The maximum Gasteiger partial charge on any atom is 0.132 e. The first-order chi connectivity index (χ1) is 6.82. The second kappa shape index (κ2) is 5.21. The summed E-state index contributed by atoms with van der Waals surface area (Å²) in [4.78, 5) is 0. The number of aryl methyl sites for hydroxylation is 1. The van der Waals surface area contributed by atoms with Crippen molar-refractivity contribution < 1.29 is 13.9 Å². The smallest absolute Gasteiger partial charge is 0.132 e. The van der Waals surface area contributed by atoms with Gasteiger partial charge >= 0.3 is 0 Å². The van der Waals surface area contributed by atoms with Gasteiger partial charge in [0.15, 0.2) is 0 Å². The summed E-state index contributed by atoms with van der Waals surface area (Å²) in [6.07, 6.45) is 0. The molecule has 1 N–H and O–H groups in total. The van der Waals surface area contributed by atoms with Gasteiger partial charge in [-0.3, -0.25) is 0 Å². The first-order valence-electron chi connectivity index (χ1n) is 5.01. The molecule has 0 aliphatic rings. The number of aliphatic hydroxyl groups is 1. The molecule has 0 unspecified atom stereocenters. The molecule has 0 bridgehead atoms. The van der Waals surface area contributed by atoms with Crippen LogP contribution in [0.2, 0.25) is 0 Å². The van der Waals surface area contributed by atoms with Gasteiger partial charge in [-0.15, -0.1) is 0 Å². The van der Waals surface area contributed by atoms with Crippen molar-refractivity contribution in [1.82, 2.24) is 0 Å². The minimum atomic E-state index is -1.35. The van der Waals surface area contributed by atoms with Gasteiger partial charge in [0.1, 0.15) is 11.6 Å². The minimum absolute atomic E-state index is 0.00926. The minimum Gasteiger partial charge on any atom is -0.386 e. The van der Waals surface area contributed by atoms with Crippen LogP contribution in [0.3, 0.4) is 0 Å². The summed E-state index contributed by atoms with van der Waals surface area (Å²) in [5.74, 6) is -1.08. The van der Waals surface area contributed by atoms with Crippen LogP contribution in [0.25, 0.3) is 0 Å². The largest absolute Gasteiger partial charge is 0.386 e. The molecular formula is C12H18F2O. The molecule has 0 heterocycles. The van der Waals surface area contributed by atoms with Crippen LogP contribution in [0.1, 0.15) is 38.8 Å². The van der Waals surface area contributed by atoms with Crippen molar-refractivity contribution in [3.8, 4) is 0 Å². The summed E-state index contributed by atoms with van der Waals surface area (Å²) in [5, 5.41) is 9.51. The van der Waals surface area contributed by atoms with Gasteiger partial charge in [-0.1, -0.05) is 13.8 Å². The van der Waals surface area contributed by atoms with E-state index in [9.17, 15) is 13.9 Å². The Morgan fingerprint density at radius 2 is 1.60 bits per heavy atom. The lowest BCUT2D eigenvalue weighted by Gasteiger charge is -2.19. The first kappa shape index (κ1) is 14.0. The van der Waals surface area contributed by atoms with Crippen molar-refractivity contribution in [2.75, 3.05) is 0 Å². The van der Waals surface area contributed by atoms with E-state index in [1.807, 2.05) is 13.8 Å². The lowest BCUT2D eigenvalue weighted by molar-refractivity contribution is 0.0740. The summed E-state index contributed by atoms with van der Waals surface area (Å²) in [7, 11) is 0. The zero-order valence-corrected chi connectivity index (χ0v) is 9.86. The number of rotatable bonds is 1. The SMILES string of the molecule is CC.Cc1cc(F)cc(C(C)(C)O)c1F. The van der Waals surface area contributed by atoms with Crippen LogP contribution < -0.4 is 0 Å². The molecule has 0 aliphatic heterocycles. The van der Waals surface area contributed by atoms with E-state index in [1.165, 1.54) is 20.8 Å². The lowest BCUT2D eigenvalue weighted by atomic mass is 9.96. The highest BCUT2D eigenvalue weighted by atomic mass is 19.1. The molecule has 86 valence electrons. The van der Waals surface area contributed by atoms with Gasteiger partial charge in [0.25, 0.3) is 0 Å². The van der Waals surface area contributed by atoms with Crippen LogP contribution >= 0.6 is 0 Å². The summed E-state index contributed by atoms with van der Waals surface area (Å²) in [5.41, 5.74) is -1.15. The Kier molecular flexibility index (Phi) is 4.88. The highest BCUT2D eigenvalue weighted by Crippen LogP contribution is 2.25. The van der Waals surface area contributed by atoms with E-state index in [4.69, 9.17) is 0 Å². The monoisotopic (exact) mass is 216 g/mol. The first-order valence-corrected chi connectivity index (χ1v) is 5.01. The normalized spacial score (nSPS) is 10.7. The molecule has 0 aliphatic carbocycles. The fourth-order valence-corrected chi connectivity index (χ4v) is 1.17. The summed E-state index contributed by atoms with van der Waals surface area (Å²) >= 11 is 0. The third-order valence-electron chi connectivity index (χ3n) is 1.88. The molecule has 0 saturated carbocycles. The zero-order chi connectivity index (χ0) is 12.2. The van der Waals surface area contributed by atoms with E-state index in [2.05, 4.69) is 0 Å². The van der Waals surface area contributed by atoms with Crippen LogP contribution in [0, 0.1) is 18.6 Å². The highest BCUT2D eigenvalue weighted by Gasteiger charge is 2.22. The molecule has 1 rings (SSSR count). The van der Waals surface area contributed by atoms with Crippen LogP contribution in [-0.2, 0) is 5.60 Å².